The van der Waals surface area contributed by atoms with Gasteiger partial charge < -0.3 is 0 Å². The minimum absolute atomic E-state index is 0.218. The fraction of sp³-hybridized carbons (Fsp3) is 0.400. The lowest BCUT2D eigenvalue weighted by molar-refractivity contribution is 0.126. The standard InChI is InChI=1S/C20H25NO3S/c1-16-9-11-18(12-10-16)25(22,23)24-19-14-21(15-20(19,2)3)13-17-7-5-4-6-8-17/h4-12,19H,13-15H2,1-3H3/t19-/m0/s1. The van der Waals surface area contributed by atoms with Gasteiger partial charge in [0.05, 0.1) is 11.0 Å². The van der Waals surface area contributed by atoms with Gasteiger partial charge in [0, 0.05) is 25.0 Å². The van der Waals surface area contributed by atoms with Crippen molar-refractivity contribution in [1.29, 1.82) is 0 Å². The van der Waals surface area contributed by atoms with Crippen molar-refractivity contribution in [2.75, 3.05) is 13.1 Å². The third-order valence-electron chi connectivity index (χ3n) is 4.73. The molecule has 0 amide bonds. The van der Waals surface area contributed by atoms with Gasteiger partial charge in [0.15, 0.2) is 0 Å². The van der Waals surface area contributed by atoms with Crippen molar-refractivity contribution >= 4 is 10.1 Å². The molecular weight excluding hydrogens is 334 g/mol. The average Bonchev–Trinajstić information content (AvgIpc) is 2.81. The first-order valence-corrected chi connectivity index (χ1v) is 9.93. The van der Waals surface area contributed by atoms with Gasteiger partial charge in [-0.1, -0.05) is 61.9 Å². The first-order chi connectivity index (χ1) is 11.8. The summed E-state index contributed by atoms with van der Waals surface area (Å²) in [5.74, 6) is 0. The maximum absolute atomic E-state index is 12.6. The summed E-state index contributed by atoms with van der Waals surface area (Å²) in [6.07, 6.45) is -0.359. The van der Waals surface area contributed by atoms with Crippen molar-refractivity contribution in [2.45, 2.75) is 38.3 Å². The van der Waals surface area contributed by atoms with Crippen LogP contribution < -0.4 is 0 Å². The third kappa shape index (κ3) is 4.29. The largest absolute Gasteiger partial charge is 0.297 e. The van der Waals surface area contributed by atoms with Gasteiger partial charge in [0.1, 0.15) is 0 Å². The summed E-state index contributed by atoms with van der Waals surface area (Å²) in [6.45, 7) is 8.26. The molecule has 0 spiro atoms. The molecule has 0 radical (unpaired) electrons. The molecule has 0 saturated carbocycles. The molecule has 4 nitrogen and oxygen atoms in total. The van der Waals surface area contributed by atoms with Gasteiger partial charge in [0.2, 0.25) is 0 Å². The third-order valence-corrected chi connectivity index (χ3v) is 6.06. The molecule has 0 unspecified atom stereocenters. The van der Waals surface area contributed by atoms with Crippen molar-refractivity contribution < 1.29 is 12.6 Å². The molecule has 1 fully saturated rings. The van der Waals surface area contributed by atoms with Gasteiger partial charge in [-0.2, -0.15) is 8.42 Å². The Bertz CT molecular complexity index is 814. The van der Waals surface area contributed by atoms with E-state index in [0.717, 1.165) is 18.7 Å². The quantitative estimate of drug-likeness (QED) is 0.765. The molecule has 1 heterocycles. The van der Waals surface area contributed by atoms with Gasteiger partial charge in [0.25, 0.3) is 10.1 Å². The highest BCUT2D eigenvalue weighted by atomic mass is 32.2. The Morgan fingerprint density at radius 3 is 2.36 bits per heavy atom. The summed E-state index contributed by atoms with van der Waals surface area (Å²) in [6, 6.07) is 17.0. The van der Waals surface area contributed by atoms with Crippen LogP contribution in [0.3, 0.4) is 0 Å². The summed E-state index contributed by atoms with van der Waals surface area (Å²) < 4.78 is 30.9. The van der Waals surface area contributed by atoms with Gasteiger partial charge in [-0.05, 0) is 24.6 Å². The van der Waals surface area contributed by atoms with Gasteiger partial charge in [-0.3, -0.25) is 9.08 Å². The lowest BCUT2D eigenvalue weighted by Gasteiger charge is -2.25. The van der Waals surface area contributed by atoms with Crippen LogP contribution in [0.5, 0.6) is 0 Å². The van der Waals surface area contributed by atoms with Crippen molar-refractivity contribution in [3.05, 3.63) is 65.7 Å². The van der Waals surface area contributed by atoms with Crippen LogP contribution in [0.25, 0.3) is 0 Å². The van der Waals surface area contributed by atoms with E-state index in [0.29, 0.717) is 6.54 Å². The van der Waals surface area contributed by atoms with E-state index in [2.05, 4.69) is 30.9 Å². The van der Waals surface area contributed by atoms with Crippen LogP contribution in [0.2, 0.25) is 0 Å². The van der Waals surface area contributed by atoms with Gasteiger partial charge in [-0.15, -0.1) is 0 Å². The highest BCUT2D eigenvalue weighted by molar-refractivity contribution is 7.86. The summed E-state index contributed by atoms with van der Waals surface area (Å²) in [4.78, 5) is 2.47. The molecule has 1 atom stereocenters. The monoisotopic (exact) mass is 359 g/mol. The van der Waals surface area contributed by atoms with E-state index in [1.807, 2.05) is 25.1 Å². The zero-order valence-corrected chi connectivity index (χ0v) is 15.8. The number of nitrogens with zero attached hydrogens (tertiary/aromatic N) is 1. The lowest BCUT2D eigenvalue weighted by atomic mass is 9.90. The van der Waals surface area contributed by atoms with Crippen LogP contribution in [0, 0.1) is 12.3 Å². The normalized spacial score (nSPS) is 20.7. The lowest BCUT2D eigenvalue weighted by Crippen LogP contribution is -2.32. The molecule has 1 saturated heterocycles. The minimum Gasteiger partial charge on any atom is -0.296 e. The topological polar surface area (TPSA) is 46.6 Å². The van der Waals surface area contributed by atoms with Crippen LogP contribution in [-0.4, -0.2) is 32.5 Å². The SMILES string of the molecule is Cc1ccc(S(=O)(=O)O[C@H]2CN(Cc3ccccc3)CC2(C)C)cc1. The van der Waals surface area contributed by atoms with Gasteiger partial charge >= 0.3 is 0 Å². The van der Waals surface area contributed by atoms with Crippen molar-refractivity contribution in [3.8, 4) is 0 Å². The predicted octanol–water partition coefficient (Wildman–Crippen LogP) is 3.61. The highest BCUT2D eigenvalue weighted by Crippen LogP contribution is 2.34. The Balaban J connectivity index is 1.72. The van der Waals surface area contributed by atoms with E-state index >= 15 is 0 Å². The molecule has 0 N–H and O–H groups in total. The second kappa shape index (κ2) is 6.90. The highest BCUT2D eigenvalue weighted by Gasteiger charge is 2.42. The second-order valence-electron chi connectivity index (χ2n) is 7.50. The van der Waals surface area contributed by atoms with Crippen molar-refractivity contribution in [3.63, 3.8) is 0 Å². The number of hydrogen-bond acceptors (Lipinski definition) is 4. The Hall–Kier alpha value is -1.69. The Kier molecular flexibility index (Phi) is 5.00. The number of aryl methyl sites for hydroxylation is 1. The van der Waals surface area contributed by atoms with E-state index in [-0.39, 0.29) is 16.4 Å². The number of hydrogen-bond donors (Lipinski definition) is 0. The predicted molar refractivity (Wildman–Crippen MR) is 98.7 cm³/mol. The average molecular weight is 359 g/mol. The van der Waals surface area contributed by atoms with Gasteiger partial charge in [-0.25, -0.2) is 0 Å². The van der Waals surface area contributed by atoms with E-state index in [9.17, 15) is 8.42 Å². The summed E-state index contributed by atoms with van der Waals surface area (Å²) in [7, 11) is -3.75. The Labute approximate surface area is 150 Å². The molecule has 1 aliphatic heterocycles. The van der Waals surface area contributed by atoms with Crippen LogP contribution in [0.4, 0.5) is 0 Å². The van der Waals surface area contributed by atoms with E-state index in [1.54, 1.807) is 24.3 Å². The van der Waals surface area contributed by atoms with Crippen molar-refractivity contribution in [1.82, 2.24) is 4.90 Å². The van der Waals surface area contributed by atoms with Crippen LogP contribution >= 0.6 is 0 Å². The van der Waals surface area contributed by atoms with E-state index in [4.69, 9.17) is 4.18 Å². The maximum Gasteiger partial charge on any atom is 0.297 e. The van der Waals surface area contributed by atoms with Crippen LogP contribution in [-0.2, 0) is 20.8 Å². The Morgan fingerprint density at radius 2 is 1.72 bits per heavy atom. The molecule has 3 rings (SSSR count). The summed E-state index contributed by atoms with van der Waals surface area (Å²) >= 11 is 0. The Morgan fingerprint density at radius 1 is 1.08 bits per heavy atom. The van der Waals surface area contributed by atoms with Crippen LogP contribution in [0.1, 0.15) is 25.0 Å². The molecule has 5 heteroatoms. The number of benzene rings is 2. The molecule has 2 aromatic carbocycles. The molecular formula is C20H25NO3S. The van der Waals surface area contributed by atoms with E-state index in [1.165, 1.54) is 5.56 Å². The molecule has 0 aliphatic carbocycles. The smallest absolute Gasteiger partial charge is 0.296 e. The first kappa shape index (κ1) is 18.1. The fourth-order valence-corrected chi connectivity index (χ4v) is 4.47. The molecule has 0 aromatic heterocycles. The maximum atomic E-state index is 12.6. The molecule has 25 heavy (non-hydrogen) atoms. The molecule has 0 bridgehead atoms. The fourth-order valence-electron chi connectivity index (χ4n) is 3.26. The number of rotatable bonds is 5. The second-order valence-corrected chi connectivity index (χ2v) is 9.07. The van der Waals surface area contributed by atoms with E-state index < -0.39 is 10.1 Å². The zero-order valence-electron chi connectivity index (χ0n) is 15.0. The molecule has 134 valence electrons. The number of likely N-dealkylation sites (tertiary alicyclic amines) is 1. The summed E-state index contributed by atoms with van der Waals surface area (Å²) in [5.41, 5.74) is 2.02. The first-order valence-electron chi connectivity index (χ1n) is 8.52. The minimum atomic E-state index is -3.75. The zero-order chi connectivity index (χ0) is 18.1. The van der Waals surface area contributed by atoms with Crippen molar-refractivity contribution in [2.24, 2.45) is 5.41 Å². The molecule has 2 aromatic rings. The summed E-state index contributed by atoms with van der Waals surface area (Å²) in [5, 5.41) is 0. The molecule has 1 aliphatic rings. The van der Waals surface area contributed by atoms with Crippen LogP contribution in [0.15, 0.2) is 59.5 Å².